The van der Waals surface area contributed by atoms with Gasteiger partial charge in [-0.05, 0) is 48.5 Å². The number of rotatable bonds is 9. The number of ether oxygens (including phenoxy) is 1. The maximum absolute atomic E-state index is 15.4. The van der Waals surface area contributed by atoms with Crippen LogP contribution >= 0.6 is 14.6 Å². The first-order chi connectivity index (χ1) is 18.1. The van der Waals surface area contributed by atoms with Crippen LogP contribution in [0.4, 0.5) is 5.69 Å². The van der Waals surface area contributed by atoms with Crippen molar-refractivity contribution < 1.29 is 9.30 Å². The zero-order valence-electron chi connectivity index (χ0n) is 20.8. The molecular weight excluding hydrogens is 492 g/mol. The molecular formula is C32H30NO2P2+. The van der Waals surface area contributed by atoms with Crippen LogP contribution in [0.25, 0.3) is 0 Å². The van der Waals surface area contributed by atoms with E-state index in [-0.39, 0.29) is 0 Å². The normalized spacial score (nSPS) is 11.6. The predicted octanol–water partition coefficient (Wildman–Crippen LogP) is 6.66. The second-order valence-electron chi connectivity index (χ2n) is 8.87. The minimum absolute atomic E-state index is 0.466. The van der Waals surface area contributed by atoms with Crippen LogP contribution in [0, 0.1) is 0 Å². The lowest BCUT2D eigenvalue weighted by atomic mass is 10.3. The largest absolute Gasteiger partial charge is 0.497 e. The molecule has 184 valence electrons. The lowest BCUT2D eigenvalue weighted by molar-refractivity contribution is 0.415. The first kappa shape index (κ1) is 25.0. The SMILES string of the molecule is COc1ccc(N[P+](CP(=O)(c2ccccc2)c2ccccc2)(c2ccccc2)c2ccccc2)cc1. The summed E-state index contributed by atoms with van der Waals surface area (Å²) in [6, 6.07) is 48.9. The van der Waals surface area contributed by atoms with Crippen LogP contribution in [-0.2, 0) is 4.57 Å². The molecule has 0 aromatic heterocycles. The molecule has 0 atom stereocenters. The van der Waals surface area contributed by atoms with Gasteiger partial charge in [-0.1, -0.05) is 97.1 Å². The van der Waals surface area contributed by atoms with E-state index in [1.807, 2.05) is 97.1 Å². The van der Waals surface area contributed by atoms with Crippen LogP contribution in [0.1, 0.15) is 0 Å². The summed E-state index contributed by atoms with van der Waals surface area (Å²) in [5.41, 5.74) is 0.967. The summed E-state index contributed by atoms with van der Waals surface area (Å²) in [5.74, 6) is 1.27. The first-order valence-electron chi connectivity index (χ1n) is 12.3. The highest BCUT2D eigenvalue weighted by molar-refractivity contribution is 8.00. The Bertz CT molecular complexity index is 1380. The molecule has 0 spiro atoms. The Hall–Kier alpha value is -3.64. The minimum Gasteiger partial charge on any atom is -0.497 e. The van der Waals surface area contributed by atoms with E-state index in [1.54, 1.807) is 7.11 Å². The first-order valence-corrected chi connectivity index (χ1v) is 16.1. The predicted molar refractivity (Wildman–Crippen MR) is 160 cm³/mol. The van der Waals surface area contributed by atoms with E-state index in [9.17, 15) is 0 Å². The summed E-state index contributed by atoms with van der Waals surface area (Å²) in [7, 11) is -3.85. The highest BCUT2D eigenvalue weighted by atomic mass is 31.2. The average molecular weight is 523 g/mol. The monoisotopic (exact) mass is 522 g/mol. The molecule has 0 bridgehead atoms. The van der Waals surface area contributed by atoms with Crippen molar-refractivity contribution in [3.05, 3.63) is 146 Å². The van der Waals surface area contributed by atoms with E-state index in [4.69, 9.17) is 4.74 Å². The van der Waals surface area contributed by atoms with Gasteiger partial charge in [0, 0.05) is 10.6 Å². The third-order valence-corrected chi connectivity index (χ3v) is 15.1. The van der Waals surface area contributed by atoms with Crippen molar-refractivity contribution in [2.45, 2.75) is 0 Å². The lowest BCUT2D eigenvalue weighted by Crippen LogP contribution is -2.33. The molecule has 5 heteroatoms. The molecule has 3 nitrogen and oxygen atoms in total. The van der Waals surface area contributed by atoms with Gasteiger partial charge in [0.1, 0.15) is 22.3 Å². The van der Waals surface area contributed by atoms with E-state index in [2.05, 4.69) is 53.6 Å². The number of anilines is 1. The van der Waals surface area contributed by atoms with Gasteiger partial charge in [0.2, 0.25) is 0 Å². The van der Waals surface area contributed by atoms with Gasteiger partial charge in [-0.25, -0.2) is 0 Å². The van der Waals surface area contributed by atoms with E-state index in [0.717, 1.165) is 32.7 Å². The highest BCUT2D eigenvalue weighted by Gasteiger charge is 2.50. The van der Waals surface area contributed by atoms with Gasteiger partial charge in [-0.3, -0.25) is 5.09 Å². The Labute approximate surface area is 219 Å². The van der Waals surface area contributed by atoms with Crippen molar-refractivity contribution in [2.24, 2.45) is 0 Å². The van der Waals surface area contributed by atoms with Gasteiger partial charge in [-0.2, -0.15) is 0 Å². The molecule has 5 aromatic rings. The van der Waals surface area contributed by atoms with E-state index in [0.29, 0.717) is 5.90 Å². The van der Waals surface area contributed by atoms with Gasteiger partial charge in [0.15, 0.2) is 14.6 Å². The Morgan fingerprint density at radius 1 is 0.595 bits per heavy atom. The second kappa shape index (κ2) is 11.2. The maximum atomic E-state index is 15.4. The molecule has 37 heavy (non-hydrogen) atoms. The fourth-order valence-corrected chi connectivity index (χ4v) is 14.1. The van der Waals surface area contributed by atoms with Crippen molar-refractivity contribution in [3.63, 3.8) is 0 Å². The molecule has 0 saturated heterocycles. The molecule has 0 amide bonds. The molecule has 0 aliphatic carbocycles. The standard InChI is InChI=1S/C32H30NO2P2/c1-35-28-24-22-27(23-25-28)33-36(29-14-6-2-7-15-29,30-16-8-3-9-17-30)26-37(34,31-18-10-4-11-19-31)32-20-12-5-13-21-32/h2-25,33H,26H2,1H3/q+1. The van der Waals surface area contributed by atoms with Gasteiger partial charge >= 0.3 is 0 Å². The van der Waals surface area contributed by atoms with Gasteiger partial charge in [0.25, 0.3) is 0 Å². The van der Waals surface area contributed by atoms with E-state index < -0.39 is 14.6 Å². The molecule has 5 rings (SSSR count). The molecule has 5 aromatic carbocycles. The fraction of sp³-hybridized carbons (Fsp3) is 0.0625. The van der Waals surface area contributed by atoms with Crippen LogP contribution in [0.5, 0.6) is 5.75 Å². The molecule has 0 radical (unpaired) electrons. The number of hydrogen-bond acceptors (Lipinski definition) is 3. The van der Waals surface area contributed by atoms with Crippen LogP contribution in [-0.4, -0.2) is 13.0 Å². The summed E-state index contributed by atoms with van der Waals surface area (Å²) in [5, 5.41) is 8.01. The van der Waals surface area contributed by atoms with Gasteiger partial charge in [-0.15, -0.1) is 0 Å². The average Bonchev–Trinajstić information content (AvgIpc) is 2.99. The number of hydrogen-bond donors (Lipinski definition) is 1. The van der Waals surface area contributed by atoms with E-state index in [1.165, 1.54) is 0 Å². The molecule has 1 N–H and O–H groups in total. The molecule has 0 aliphatic rings. The lowest BCUT2D eigenvalue weighted by Gasteiger charge is -2.32. The summed E-state index contributed by atoms with van der Waals surface area (Å²) in [6.07, 6.45) is 0. The summed E-state index contributed by atoms with van der Waals surface area (Å²) in [4.78, 5) is 0. The van der Waals surface area contributed by atoms with Crippen LogP contribution < -0.4 is 31.0 Å². The summed E-state index contributed by atoms with van der Waals surface area (Å²) in [6.45, 7) is 0. The van der Waals surface area contributed by atoms with Crippen LogP contribution in [0.2, 0.25) is 0 Å². The van der Waals surface area contributed by atoms with Crippen molar-refractivity contribution in [3.8, 4) is 5.75 Å². The molecule has 0 saturated carbocycles. The Balaban J connectivity index is 1.76. The zero-order chi connectivity index (χ0) is 25.6. The smallest absolute Gasteiger partial charge is 0.181 e. The number of methoxy groups -OCH3 is 1. The van der Waals surface area contributed by atoms with E-state index >= 15 is 4.57 Å². The molecule has 0 unspecified atom stereocenters. The van der Waals surface area contributed by atoms with Crippen molar-refractivity contribution >= 4 is 41.5 Å². The quantitative estimate of drug-likeness (QED) is 0.220. The Morgan fingerprint density at radius 3 is 1.41 bits per heavy atom. The molecule has 0 fully saturated rings. The van der Waals surface area contributed by atoms with Gasteiger partial charge < -0.3 is 9.30 Å². The fourth-order valence-electron chi connectivity index (χ4n) is 4.68. The Morgan fingerprint density at radius 2 is 1.00 bits per heavy atom. The van der Waals surface area contributed by atoms with Crippen LogP contribution in [0.3, 0.4) is 0 Å². The maximum Gasteiger partial charge on any atom is 0.181 e. The summed E-state index contributed by atoms with van der Waals surface area (Å²) >= 11 is 0. The third-order valence-electron chi connectivity index (χ3n) is 6.56. The second-order valence-corrected chi connectivity index (χ2v) is 15.4. The van der Waals surface area contributed by atoms with Crippen molar-refractivity contribution in [1.29, 1.82) is 0 Å². The molecule has 0 aliphatic heterocycles. The zero-order valence-corrected chi connectivity index (χ0v) is 22.6. The topological polar surface area (TPSA) is 38.3 Å². The van der Waals surface area contributed by atoms with Crippen molar-refractivity contribution in [1.82, 2.24) is 0 Å². The summed E-state index contributed by atoms with van der Waals surface area (Å²) < 4.78 is 20.8. The van der Waals surface area contributed by atoms with Crippen molar-refractivity contribution in [2.75, 3.05) is 18.1 Å². The van der Waals surface area contributed by atoms with Gasteiger partial charge in [0.05, 0.1) is 12.8 Å². The minimum atomic E-state index is -3.07. The highest BCUT2D eigenvalue weighted by Crippen LogP contribution is 2.66. The number of nitrogens with one attached hydrogen (secondary N) is 1. The Kier molecular flexibility index (Phi) is 7.56. The number of benzene rings is 5. The van der Waals surface area contributed by atoms with Crippen LogP contribution in [0.15, 0.2) is 146 Å². The molecule has 0 heterocycles. The third kappa shape index (κ3) is 5.25.